The van der Waals surface area contributed by atoms with Crippen molar-refractivity contribution in [1.82, 2.24) is 15.5 Å². The third-order valence-corrected chi connectivity index (χ3v) is 3.39. The highest BCUT2D eigenvalue weighted by Gasteiger charge is 2.29. The van der Waals surface area contributed by atoms with Crippen molar-refractivity contribution in [3.63, 3.8) is 0 Å². The molecule has 0 saturated carbocycles. The molecule has 4 N–H and O–H groups in total. The summed E-state index contributed by atoms with van der Waals surface area (Å²) in [6, 6.07) is 9.84. The summed E-state index contributed by atoms with van der Waals surface area (Å²) in [6.45, 7) is 0.0311. The summed E-state index contributed by atoms with van der Waals surface area (Å²) < 4.78 is 0. The van der Waals surface area contributed by atoms with Crippen LogP contribution in [0.1, 0.15) is 27.3 Å². The van der Waals surface area contributed by atoms with E-state index < -0.39 is 23.4 Å². The molecule has 0 spiro atoms. The van der Waals surface area contributed by atoms with Crippen LogP contribution in [0, 0.1) is 11.3 Å². The Morgan fingerprint density at radius 2 is 1.92 bits per heavy atom. The SMILES string of the molecule is N=C(C(=O)c1ccn[nH]1)C(CCNC(=O)c1ccccc1)C(=O)O. The van der Waals surface area contributed by atoms with Crippen LogP contribution in [0.3, 0.4) is 0 Å². The van der Waals surface area contributed by atoms with Crippen LogP contribution in [0.25, 0.3) is 0 Å². The fourth-order valence-corrected chi connectivity index (χ4v) is 2.10. The van der Waals surface area contributed by atoms with Crippen molar-refractivity contribution in [2.45, 2.75) is 6.42 Å². The summed E-state index contributed by atoms with van der Waals surface area (Å²) in [5, 5.41) is 25.6. The van der Waals surface area contributed by atoms with Gasteiger partial charge in [0.05, 0.1) is 5.71 Å². The number of hydrogen-bond acceptors (Lipinski definition) is 5. The lowest BCUT2D eigenvalue weighted by molar-refractivity contribution is -0.139. The number of carboxylic acid groups (broad SMARTS) is 1. The molecule has 24 heavy (non-hydrogen) atoms. The van der Waals surface area contributed by atoms with Gasteiger partial charge in [0.1, 0.15) is 11.6 Å². The van der Waals surface area contributed by atoms with Gasteiger partial charge in [-0.1, -0.05) is 18.2 Å². The molecule has 124 valence electrons. The summed E-state index contributed by atoms with van der Waals surface area (Å²) in [7, 11) is 0. The summed E-state index contributed by atoms with van der Waals surface area (Å²) in [5.41, 5.74) is -0.0479. The van der Waals surface area contributed by atoms with Crippen LogP contribution in [0.5, 0.6) is 0 Å². The third kappa shape index (κ3) is 4.13. The second-order valence-corrected chi connectivity index (χ2v) is 5.01. The zero-order valence-electron chi connectivity index (χ0n) is 12.7. The number of benzene rings is 1. The third-order valence-electron chi connectivity index (χ3n) is 3.39. The number of hydrogen-bond donors (Lipinski definition) is 4. The van der Waals surface area contributed by atoms with E-state index in [-0.39, 0.29) is 24.6 Å². The van der Waals surface area contributed by atoms with Crippen LogP contribution in [-0.2, 0) is 4.79 Å². The highest BCUT2D eigenvalue weighted by Crippen LogP contribution is 2.10. The number of amides is 1. The Kier molecular flexibility index (Phi) is 5.56. The van der Waals surface area contributed by atoms with Crippen molar-refractivity contribution in [3.8, 4) is 0 Å². The van der Waals surface area contributed by atoms with Crippen molar-refractivity contribution in [2.75, 3.05) is 6.54 Å². The number of rotatable bonds is 8. The summed E-state index contributed by atoms with van der Waals surface area (Å²) in [6.07, 6.45) is 1.28. The molecule has 0 aliphatic rings. The van der Waals surface area contributed by atoms with Crippen molar-refractivity contribution < 1.29 is 19.5 Å². The highest BCUT2D eigenvalue weighted by atomic mass is 16.4. The van der Waals surface area contributed by atoms with Gasteiger partial charge in [-0.3, -0.25) is 19.5 Å². The number of nitrogens with zero attached hydrogens (tertiary/aromatic N) is 1. The lowest BCUT2D eigenvalue weighted by Gasteiger charge is -2.13. The van der Waals surface area contributed by atoms with Gasteiger partial charge in [-0.25, -0.2) is 0 Å². The lowest BCUT2D eigenvalue weighted by atomic mass is 9.95. The van der Waals surface area contributed by atoms with E-state index in [1.54, 1.807) is 30.3 Å². The average molecular weight is 328 g/mol. The van der Waals surface area contributed by atoms with Gasteiger partial charge in [0.25, 0.3) is 5.91 Å². The van der Waals surface area contributed by atoms with Gasteiger partial charge in [0.2, 0.25) is 5.78 Å². The molecular weight excluding hydrogens is 312 g/mol. The first kappa shape index (κ1) is 17.1. The smallest absolute Gasteiger partial charge is 0.312 e. The van der Waals surface area contributed by atoms with E-state index in [9.17, 15) is 19.5 Å². The van der Waals surface area contributed by atoms with E-state index in [1.165, 1.54) is 12.3 Å². The first-order valence-electron chi connectivity index (χ1n) is 7.19. The van der Waals surface area contributed by atoms with E-state index in [0.717, 1.165) is 0 Å². The molecule has 0 bridgehead atoms. The molecule has 8 heteroatoms. The van der Waals surface area contributed by atoms with Crippen molar-refractivity contribution in [1.29, 1.82) is 5.41 Å². The fourth-order valence-electron chi connectivity index (χ4n) is 2.10. The second-order valence-electron chi connectivity index (χ2n) is 5.01. The predicted octanol–water partition coefficient (Wildman–Crippen LogP) is 1.13. The number of carbonyl (C=O) groups excluding carboxylic acids is 2. The number of aromatic amines is 1. The van der Waals surface area contributed by atoms with Crippen LogP contribution < -0.4 is 5.32 Å². The summed E-state index contributed by atoms with van der Waals surface area (Å²) in [4.78, 5) is 35.2. The van der Waals surface area contributed by atoms with Crippen molar-refractivity contribution in [3.05, 3.63) is 53.9 Å². The number of ketones is 1. The summed E-state index contributed by atoms with van der Waals surface area (Å²) >= 11 is 0. The molecule has 8 nitrogen and oxygen atoms in total. The van der Waals surface area contributed by atoms with Gasteiger partial charge in [-0.15, -0.1) is 0 Å². The number of carboxylic acids is 1. The molecule has 0 aliphatic heterocycles. The number of Topliss-reactive ketones (excluding diaryl/α,β-unsaturated/α-hetero) is 1. The topological polar surface area (TPSA) is 136 Å². The Bertz CT molecular complexity index is 741. The Balaban J connectivity index is 1.94. The van der Waals surface area contributed by atoms with Gasteiger partial charge in [0, 0.05) is 18.3 Å². The molecule has 0 saturated heterocycles. The average Bonchev–Trinajstić information content (AvgIpc) is 3.12. The van der Waals surface area contributed by atoms with Gasteiger partial charge in [-0.2, -0.15) is 5.10 Å². The summed E-state index contributed by atoms with van der Waals surface area (Å²) in [5.74, 6) is -3.67. The normalized spacial score (nSPS) is 11.5. The maximum Gasteiger partial charge on any atom is 0.312 e. The van der Waals surface area contributed by atoms with Crippen LogP contribution in [0.2, 0.25) is 0 Å². The molecule has 1 heterocycles. The number of carbonyl (C=O) groups is 3. The Labute approximate surface area is 137 Å². The maximum atomic E-state index is 12.0. The Morgan fingerprint density at radius 1 is 1.21 bits per heavy atom. The molecule has 1 amide bonds. The molecule has 0 fully saturated rings. The van der Waals surface area contributed by atoms with Crippen LogP contribution >= 0.6 is 0 Å². The Morgan fingerprint density at radius 3 is 2.50 bits per heavy atom. The largest absolute Gasteiger partial charge is 0.481 e. The molecule has 2 aromatic rings. The number of aromatic nitrogens is 2. The van der Waals surface area contributed by atoms with Crippen LogP contribution in [0.15, 0.2) is 42.6 Å². The molecule has 2 rings (SSSR count). The van der Waals surface area contributed by atoms with E-state index in [1.807, 2.05) is 0 Å². The van der Waals surface area contributed by atoms with Crippen molar-refractivity contribution >= 4 is 23.4 Å². The van der Waals surface area contributed by atoms with Gasteiger partial charge < -0.3 is 15.8 Å². The Hall–Kier alpha value is -3.29. The zero-order chi connectivity index (χ0) is 17.5. The highest BCUT2D eigenvalue weighted by molar-refractivity contribution is 6.47. The van der Waals surface area contributed by atoms with E-state index in [0.29, 0.717) is 5.56 Å². The van der Waals surface area contributed by atoms with Crippen molar-refractivity contribution in [2.24, 2.45) is 5.92 Å². The molecule has 1 atom stereocenters. The lowest BCUT2D eigenvalue weighted by Crippen LogP contribution is -2.34. The minimum Gasteiger partial charge on any atom is -0.481 e. The molecule has 1 aromatic carbocycles. The van der Waals surface area contributed by atoms with Gasteiger partial charge >= 0.3 is 5.97 Å². The van der Waals surface area contributed by atoms with Gasteiger partial charge in [-0.05, 0) is 24.6 Å². The zero-order valence-corrected chi connectivity index (χ0v) is 12.7. The van der Waals surface area contributed by atoms with Crippen LogP contribution in [-0.4, -0.2) is 45.2 Å². The van der Waals surface area contributed by atoms with Crippen LogP contribution in [0.4, 0.5) is 0 Å². The van der Waals surface area contributed by atoms with Gasteiger partial charge in [0.15, 0.2) is 0 Å². The minimum atomic E-state index is -1.31. The standard InChI is InChI=1S/C16H16N4O4/c17-13(14(21)12-7-9-19-20-12)11(16(23)24)6-8-18-15(22)10-4-2-1-3-5-10/h1-5,7,9,11,17H,6,8H2,(H,18,22)(H,19,20)(H,23,24). The van der Waals surface area contributed by atoms with E-state index >= 15 is 0 Å². The second kappa shape index (κ2) is 7.82. The predicted molar refractivity (Wildman–Crippen MR) is 85.2 cm³/mol. The number of H-pyrrole nitrogens is 1. The maximum absolute atomic E-state index is 12.0. The fraction of sp³-hybridized carbons (Fsp3) is 0.188. The number of aliphatic carboxylic acids is 1. The molecule has 1 aromatic heterocycles. The number of nitrogens with one attached hydrogen (secondary N) is 3. The van der Waals surface area contributed by atoms with E-state index in [2.05, 4.69) is 15.5 Å². The molecule has 0 radical (unpaired) electrons. The molecule has 0 aliphatic carbocycles. The quantitative estimate of drug-likeness (QED) is 0.425. The first-order chi connectivity index (χ1) is 11.5. The molecular formula is C16H16N4O4. The molecule has 1 unspecified atom stereocenters. The minimum absolute atomic E-state index is 0.0311. The van der Waals surface area contributed by atoms with E-state index in [4.69, 9.17) is 5.41 Å². The monoisotopic (exact) mass is 328 g/mol. The first-order valence-corrected chi connectivity index (χ1v) is 7.19.